The maximum Gasteiger partial charge on any atom is 0.377 e. The molecule has 1 aromatic rings. The van der Waals surface area contributed by atoms with Gasteiger partial charge in [-0.3, -0.25) is 0 Å². The molecule has 0 fully saturated rings. The summed E-state index contributed by atoms with van der Waals surface area (Å²) in [5.41, 5.74) is -0.111. The van der Waals surface area contributed by atoms with E-state index in [2.05, 4.69) is 14.4 Å². The minimum Gasteiger partial charge on any atom is -0.476 e. The first-order valence-corrected chi connectivity index (χ1v) is 3.35. The molecule has 0 radical (unpaired) electrons. The fourth-order valence-corrected chi connectivity index (χ4v) is 0.818. The Morgan fingerprint density at radius 1 is 1.54 bits per heavy atom. The summed E-state index contributed by atoms with van der Waals surface area (Å²) >= 11 is 0. The molecule has 0 spiro atoms. The molecule has 0 aliphatic carbocycles. The lowest BCUT2D eigenvalue weighted by molar-refractivity contribution is 0.0551. The second kappa shape index (κ2) is 3.26. The summed E-state index contributed by atoms with van der Waals surface area (Å²) in [4.78, 5) is 21.4. The van der Waals surface area contributed by atoms with Crippen LogP contribution in [0.5, 0.6) is 0 Å². The van der Waals surface area contributed by atoms with Gasteiger partial charge in [0.25, 0.3) is 0 Å². The molecular formula is C7H7NO5. The zero-order valence-electron chi connectivity index (χ0n) is 7.03. The van der Waals surface area contributed by atoms with Crippen molar-refractivity contribution in [1.82, 2.24) is 5.16 Å². The molecule has 0 unspecified atom stereocenters. The van der Waals surface area contributed by atoms with Gasteiger partial charge >= 0.3 is 11.9 Å². The molecule has 6 heteroatoms. The van der Waals surface area contributed by atoms with Crippen molar-refractivity contribution in [2.24, 2.45) is 0 Å². The summed E-state index contributed by atoms with van der Waals surface area (Å²) in [6.07, 6.45) is 0. The minimum atomic E-state index is -1.24. The molecule has 0 saturated carbocycles. The van der Waals surface area contributed by atoms with Crippen LogP contribution in [0.15, 0.2) is 4.52 Å². The first-order chi connectivity index (χ1) is 6.07. The summed E-state index contributed by atoms with van der Waals surface area (Å²) in [5, 5.41) is 11.8. The number of hydrogen-bond acceptors (Lipinski definition) is 5. The van der Waals surface area contributed by atoms with Crippen molar-refractivity contribution in [3.8, 4) is 0 Å². The van der Waals surface area contributed by atoms with Crippen LogP contribution in [0.4, 0.5) is 0 Å². The Kier molecular flexibility index (Phi) is 2.32. The number of carbonyl (C=O) groups excluding carboxylic acids is 1. The third-order valence-corrected chi connectivity index (χ3v) is 1.50. The lowest BCUT2D eigenvalue weighted by Crippen LogP contribution is -2.03. The van der Waals surface area contributed by atoms with E-state index < -0.39 is 11.9 Å². The molecule has 1 rings (SSSR count). The number of rotatable bonds is 2. The average Bonchev–Trinajstić information content (AvgIpc) is 2.46. The van der Waals surface area contributed by atoms with E-state index >= 15 is 0 Å². The van der Waals surface area contributed by atoms with Crippen molar-refractivity contribution in [2.45, 2.75) is 6.92 Å². The number of aromatic nitrogens is 1. The van der Waals surface area contributed by atoms with Crippen LogP contribution in [0.2, 0.25) is 0 Å². The molecule has 6 nitrogen and oxygen atoms in total. The van der Waals surface area contributed by atoms with E-state index in [0.717, 1.165) is 0 Å². The molecule has 0 saturated heterocycles. The van der Waals surface area contributed by atoms with Gasteiger partial charge in [0.15, 0.2) is 5.69 Å². The van der Waals surface area contributed by atoms with Crippen molar-refractivity contribution >= 4 is 11.9 Å². The third kappa shape index (κ3) is 1.51. The van der Waals surface area contributed by atoms with E-state index in [0.29, 0.717) is 0 Å². The second-order valence-electron chi connectivity index (χ2n) is 2.28. The highest BCUT2D eigenvalue weighted by Crippen LogP contribution is 2.13. The molecule has 0 atom stereocenters. The number of esters is 1. The van der Waals surface area contributed by atoms with E-state index in [-0.39, 0.29) is 17.0 Å². The van der Waals surface area contributed by atoms with Crippen LogP contribution in [0.3, 0.4) is 0 Å². The Morgan fingerprint density at radius 2 is 2.15 bits per heavy atom. The van der Waals surface area contributed by atoms with Gasteiger partial charge in [-0.25, -0.2) is 9.59 Å². The molecule has 0 amide bonds. The predicted molar refractivity (Wildman–Crippen MR) is 39.5 cm³/mol. The molecule has 0 bridgehead atoms. The predicted octanol–water partition coefficient (Wildman–Crippen LogP) is 0.468. The van der Waals surface area contributed by atoms with E-state index in [9.17, 15) is 9.59 Å². The smallest absolute Gasteiger partial charge is 0.377 e. The number of hydrogen-bond donors (Lipinski definition) is 1. The number of carboxylic acid groups (broad SMARTS) is 1. The number of aromatic carboxylic acids is 1. The van der Waals surface area contributed by atoms with Crippen molar-refractivity contribution in [2.75, 3.05) is 7.11 Å². The van der Waals surface area contributed by atoms with Crippen LogP contribution < -0.4 is 0 Å². The summed E-state index contributed by atoms with van der Waals surface area (Å²) < 4.78 is 8.85. The number of carboxylic acids is 1. The molecular weight excluding hydrogens is 178 g/mol. The molecule has 0 aliphatic rings. The van der Waals surface area contributed by atoms with Crippen molar-refractivity contribution in [1.29, 1.82) is 0 Å². The maximum absolute atomic E-state index is 10.9. The summed E-state index contributed by atoms with van der Waals surface area (Å²) in [7, 11) is 1.17. The van der Waals surface area contributed by atoms with Crippen LogP contribution in [0.25, 0.3) is 0 Å². The highest BCUT2D eigenvalue weighted by atomic mass is 16.5. The fourth-order valence-electron chi connectivity index (χ4n) is 0.818. The molecule has 70 valence electrons. The molecule has 13 heavy (non-hydrogen) atoms. The zero-order chi connectivity index (χ0) is 10.0. The summed E-state index contributed by atoms with van der Waals surface area (Å²) in [6.45, 7) is 1.42. The zero-order valence-corrected chi connectivity index (χ0v) is 7.03. The van der Waals surface area contributed by atoms with Gasteiger partial charge in [-0.2, -0.15) is 0 Å². The largest absolute Gasteiger partial charge is 0.476 e. The van der Waals surface area contributed by atoms with Crippen molar-refractivity contribution in [3.05, 3.63) is 17.0 Å². The number of carbonyl (C=O) groups is 2. The van der Waals surface area contributed by atoms with E-state index in [4.69, 9.17) is 5.11 Å². The number of methoxy groups -OCH3 is 1. The second-order valence-corrected chi connectivity index (χ2v) is 2.28. The van der Waals surface area contributed by atoms with E-state index in [1.165, 1.54) is 14.0 Å². The number of ether oxygens (including phenoxy) is 1. The Balaban J connectivity index is 3.13. The van der Waals surface area contributed by atoms with Crippen molar-refractivity contribution in [3.63, 3.8) is 0 Å². The molecule has 1 heterocycles. The molecule has 1 aromatic heterocycles. The third-order valence-electron chi connectivity index (χ3n) is 1.50. The number of nitrogens with zero attached hydrogens (tertiary/aromatic N) is 1. The maximum atomic E-state index is 10.9. The van der Waals surface area contributed by atoms with E-state index in [1.807, 2.05) is 0 Å². The normalized spacial score (nSPS) is 9.69. The first kappa shape index (κ1) is 9.24. The summed E-state index contributed by atoms with van der Waals surface area (Å²) in [5.74, 6) is -2.16. The standard InChI is InChI=1S/C7H7NO5/c1-3-4(6(9)10)8-13-5(3)7(11)12-2/h1-2H3,(H,9,10). The van der Waals surface area contributed by atoms with Gasteiger partial charge in [-0.05, 0) is 6.92 Å². The summed E-state index contributed by atoms with van der Waals surface area (Å²) in [6, 6.07) is 0. The Morgan fingerprint density at radius 3 is 2.54 bits per heavy atom. The highest BCUT2D eigenvalue weighted by Gasteiger charge is 2.22. The van der Waals surface area contributed by atoms with Crippen LogP contribution in [-0.2, 0) is 4.74 Å². The molecule has 1 N–H and O–H groups in total. The van der Waals surface area contributed by atoms with Gasteiger partial charge in [0.2, 0.25) is 5.76 Å². The van der Waals surface area contributed by atoms with Gasteiger partial charge in [-0.15, -0.1) is 0 Å². The van der Waals surface area contributed by atoms with Crippen LogP contribution in [-0.4, -0.2) is 29.3 Å². The SMILES string of the molecule is COC(=O)c1onc(C(=O)O)c1C. The van der Waals surface area contributed by atoms with Crippen LogP contribution >= 0.6 is 0 Å². The van der Waals surface area contributed by atoms with Gasteiger partial charge in [0.1, 0.15) is 0 Å². The van der Waals surface area contributed by atoms with Gasteiger partial charge in [-0.1, -0.05) is 5.16 Å². The average molecular weight is 185 g/mol. The molecule has 0 aliphatic heterocycles. The quantitative estimate of drug-likeness (QED) is 0.673. The van der Waals surface area contributed by atoms with Gasteiger partial charge < -0.3 is 14.4 Å². The molecule has 0 aromatic carbocycles. The fraction of sp³-hybridized carbons (Fsp3) is 0.286. The van der Waals surface area contributed by atoms with E-state index in [1.54, 1.807) is 0 Å². The van der Waals surface area contributed by atoms with Gasteiger partial charge in [0.05, 0.1) is 7.11 Å². The highest BCUT2D eigenvalue weighted by molar-refractivity contribution is 5.93. The van der Waals surface area contributed by atoms with Gasteiger partial charge in [0, 0.05) is 5.56 Å². The van der Waals surface area contributed by atoms with Crippen LogP contribution in [0.1, 0.15) is 26.6 Å². The lowest BCUT2D eigenvalue weighted by Gasteiger charge is -1.92. The van der Waals surface area contributed by atoms with Crippen LogP contribution in [0, 0.1) is 6.92 Å². The lowest BCUT2D eigenvalue weighted by atomic mass is 10.2. The topological polar surface area (TPSA) is 89.6 Å². The monoisotopic (exact) mass is 185 g/mol. The Labute approximate surface area is 73.1 Å². The Bertz CT molecular complexity index is 354. The first-order valence-electron chi connectivity index (χ1n) is 3.35. The minimum absolute atomic E-state index is 0.166. The Hall–Kier alpha value is -1.85. The van der Waals surface area contributed by atoms with Crippen molar-refractivity contribution < 1.29 is 24.0 Å².